The average molecular weight is 223 g/mol. The standard InChI is InChI=1S/C11H17N3O2/c1-2-12-5-3-6-14-11(16)9-4-7-13-8-10(9)15/h4,7-8,12,15H,2-3,5-6H2,1H3,(H,14,16). The van der Waals surface area contributed by atoms with Crippen molar-refractivity contribution in [1.29, 1.82) is 0 Å². The van der Waals surface area contributed by atoms with Crippen molar-refractivity contribution in [3.8, 4) is 5.75 Å². The summed E-state index contributed by atoms with van der Waals surface area (Å²) in [5.74, 6) is -0.358. The Labute approximate surface area is 94.9 Å². The molecule has 5 nitrogen and oxygen atoms in total. The van der Waals surface area contributed by atoms with Crippen LogP contribution >= 0.6 is 0 Å². The molecule has 0 aliphatic heterocycles. The average Bonchev–Trinajstić information content (AvgIpc) is 2.29. The first-order valence-corrected chi connectivity index (χ1v) is 5.37. The lowest BCUT2D eigenvalue weighted by molar-refractivity contribution is 0.0950. The predicted octanol–water partition coefficient (Wildman–Crippen LogP) is 0.517. The Morgan fingerprint density at radius 1 is 1.50 bits per heavy atom. The molecule has 1 aromatic heterocycles. The Morgan fingerprint density at radius 2 is 2.31 bits per heavy atom. The molecule has 0 radical (unpaired) electrons. The SMILES string of the molecule is CCNCCCNC(=O)c1ccncc1O. The second-order valence-electron chi connectivity index (χ2n) is 3.36. The van der Waals surface area contributed by atoms with Gasteiger partial charge in [0, 0.05) is 12.7 Å². The van der Waals surface area contributed by atoms with Gasteiger partial charge < -0.3 is 15.7 Å². The van der Waals surface area contributed by atoms with Crippen LogP contribution in [0.3, 0.4) is 0 Å². The lowest BCUT2D eigenvalue weighted by Crippen LogP contribution is -2.27. The fourth-order valence-electron chi connectivity index (χ4n) is 1.27. The van der Waals surface area contributed by atoms with Crippen LogP contribution in [0.5, 0.6) is 5.75 Å². The first-order valence-electron chi connectivity index (χ1n) is 5.37. The van der Waals surface area contributed by atoms with Gasteiger partial charge >= 0.3 is 0 Å². The molecule has 1 heterocycles. The summed E-state index contributed by atoms with van der Waals surface area (Å²) in [5, 5.41) is 15.3. The molecule has 0 saturated heterocycles. The molecule has 1 aromatic rings. The van der Waals surface area contributed by atoms with Gasteiger partial charge in [-0.1, -0.05) is 6.92 Å². The molecule has 0 bridgehead atoms. The Balaban J connectivity index is 2.33. The van der Waals surface area contributed by atoms with Gasteiger partial charge in [-0.15, -0.1) is 0 Å². The molecule has 0 atom stereocenters. The van der Waals surface area contributed by atoms with E-state index < -0.39 is 0 Å². The summed E-state index contributed by atoms with van der Waals surface area (Å²) in [6, 6.07) is 1.49. The Hall–Kier alpha value is -1.62. The van der Waals surface area contributed by atoms with Crippen LogP contribution in [0.25, 0.3) is 0 Å². The highest BCUT2D eigenvalue weighted by Crippen LogP contribution is 2.12. The normalized spacial score (nSPS) is 10.1. The molecule has 0 spiro atoms. The second-order valence-corrected chi connectivity index (χ2v) is 3.36. The van der Waals surface area contributed by atoms with E-state index in [9.17, 15) is 9.90 Å². The Morgan fingerprint density at radius 3 is 3.00 bits per heavy atom. The van der Waals surface area contributed by atoms with E-state index in [0.29, 0.717) is 6.54 Å². The van der Waals surface area contributed by atoms with Crippen molar-refractivity contribution in [2.24, 2.45) is 0 Å². The minimum absolute atomic E-state index is 0.0910. The lowest BCUT2D eigenvalue weighted by atomic mass is 10.2. The van der Waals surface area contributed by atoms with E-state index in [4.69, 9.17) is 0 Å². The van der Waals surface area contributed by atoms with Crippen LogP contribution in [0.15, 0.2) is 18.5 Å². The van der Waals surface area contributed by atoms with E-state index in [1.807, 2.05) is 6.92 Å². The van der Waals surface area contributed by atoms with E-state index in [1.165, 1.54) is 18.5 Å². The second kappa shape index (κ2) is 6.79. The summed E-state index contributed by atoms with van der Waals surface area (Å²) in [6.45, 7) is 4.43. The number of hydrogen-bond acceptors (Lipinski definition) is 4. The van der Waals surface area contributed by atoms with E-state index in [0.717, 1.165) is 19.5 Å². The summed E-state index contributed by atoms with van der Waals surface area (Å²) < 4.78 is 0. The van der Waals surface area contributed by atoms with Crippen LogP contribution in [0, 0.1) is 0 Å². The predicted molar refractivity (Wildman–Crippen MR) is 61.4 cm³/mol. The number of aromatic hydroxyl groups is 1. The molecule has 0 saturated carbocycles. The molecule has 0 fully saturated rings. The summed E-state index contributed by atoms with van der Waals surface area (Å²) in [6.07, 6.45) is 3.60. The number of carbonyl (C=O) groups excluding carboxylic acids is 1. The van der Waals surface area contributed by atoms with E-state index in [-0.39, 0.29) is 17.2 Å². The molecule has 0 aromatic carbocycles. The van der Waals surface area contributed by atoms with Crippen molar-refractivity contribution < 1.29 is 9.90 Å². The maximum absolute atomic E-state index is 11.6. The first-order chi connectivity index (χ1) is 7.75. The molecule has 0 aliphatic carbocycles. The third kappa shape index (κ3) is 3.86. The molecule has 1 rings (SSSR count). The number of nitrogens with zero attached hydrogens (tertiary/aromatic N) is 1. The fraction of sp³-hybridized carbons (Fsp3) is 0.455. The smallest absolute Gasteiger partial charge is 0.255 e. The van der Waals surface area contributed by atoms with Crippen molar-refractivity contribution in [3.63, 3.8) is 0 Å². The molecular formula is C11H17N3O2. The van der Waals surface area contributed by atoms with Crippen LogP contribution in [0.2, 0.25) is 0 Å². The topological polar surface area (TPSA) is 74.2 Å². The molecule has 5 heteroatoms. The van der Waals surface area contributed by atoms with Crippen LogP contribution in [0.1, 0.15) is 23.7 Å². The van der Waals surface area contributed by atoms with E-state index in [1.54, 1.807) is 0 Å². The van der Waals surface area contributed by atoms with Gasteiger partial charge in [-0.05, 0) is 25.6 Å². The van der Waals surface area contributed by atoms with Gasteiger partial charge in [-0.2, -0.15) is 0 Å². The van der Waals surface area contributed by atoms with Crippen LogP contribution < -0.4 is 10.6 Å². The van der Waals surface area contributed by atoms with Gasteiger partial charge in [0.25, 0.3) is 5.91 Å². The lowest BCUT2D eigenvalue weighted by Gasteiger charge is -2.06. The van der Waals surface area contributed by atoms with Crippen molar-refractivity contribution in [2.75, 3.05) is 19.6 Å². The molecule has 1 amide bonds. The number of carbonyl (C=O) groups is 1. The molecule has 88 valence electrons. The van der Waals surface area contributed by atoms with E-state index >= 15 is 0 Å². The first kappa shape index (κ1) is 12.4. The Kier molecular flexibility index (Phi) is 5.28. The maximum atomic E-state index is 11.6. The number of nitrogens with one attached hydrogen (secondary N) is 2. The van der Waals surface area contributed by atoms with E-state index in [2.05, 4.69) is 15.6 Å². The highest BCUT2D eigenvalue weighted by molar-refractivity contribution is 5.96. The maximum Gasteiger partial charge on any atom is 0.255 e. The summed E-state index contributed by atoms with van der Waals surface area (Å²) in [4.78, 5) is 15.3. The zero-order chi connectivity index (χ0) is 11.8. The molecule has 16 heavy (non-hydrogen) atoms. The van der Waals surface area contributed by atoms with Gasteiger partial charge in [-0.3, -0.25) is 9.78 Å². The number of rotatable bonds is 6. The zero-order valence-corrected chi connectivity index (χ0v) is 9.36. The van der Waals surface area contributed by atoms with Crippen LogP contribution in [-0.4, -0.2) is 35.6 Å². The van der Waals surface area contributed by atoms with Crippen molar-refractivity contribution in [3.05, 3.63) is 24.0 Å². The third-order valence-corrected chi connectivity index (χ3v) is 2.11. The molecule has 0 aliphatic rings. The number of pyridine rings is 1. The zero-order valence-electron chi connectivity index (χ0n) is 9.36. The van der Waals surface area contributed by atoms with Gasteiger partial charge in [-0.25, -0.2) is 0 Å². The third-order valence-electron chi connectivity index (χ3n) is 2.11. The van der Waals surface area contributed by atoms with Gasteiger partial charge in [0.1, 0.15) is 5.75 Å². The van der Waals surface area contributed by atoms with Gasteiger partial charge in [0.2, 0.25) is 0 Å². The monoisotopic (exact) mass is 223 g/mol. The molecule has 0 unspecified atom stereocenters. The fourth-order valence-corrected chi connectivity index (χ4v) is 1.27. The number of hydrogen-bond donors (Lipinski definition) is 3. The molecule has 3 N–H and O–H groups in total. The summed E-state index contributed by atoms with van der Waals surface area (Å²) in [5.41, 5.74) is 0.262. The van der Waals surface area contributed by atoms with Gasteiger partial charge in [0.15, 0.2) is 0 Å². The number of aromatic nitrogens is 1. The molecular weight excluding hydrogens is 206 g/mol. The highest BCUT2D eigenvalue weighted by atomic mass is 16.3. The minimum Gasteiger partial charge on any atom is -0.505 e. The van der Waals surface area contributed by atoms with Crippen LogP contribution in [0.4, 0.5) is 0 Å². The van der Waals surface area contributed by atoms with Crippen molar-refractivity contribution in [2.45, 2.75) is 13.3 Å². The van der Waals surface area contributed by atoms with Crippen molar-refractivity contribution >= 4 is 5.91 Å². The highest BCUT2D eigenvalue weighted by Gasteiger charge is 2.09. The van der Waals surface area contributed by atoms with Crippen LogP contribution in [-0.2, 0) is 0 Å². The quantitative estimate of drug-likeness (QED) is 0.614. The Bertz CT molecular complexity index is 342. The number of amides is 1. The summed E-state index contributed by atoms with van der Waals surface area (Å²) in [7, 11) is 0. The van der Waals surface area contributed by atoms with Crippen molar-refractivity contribution in [1.82, 2.24) is 15.6 Å². The minimum atomic E-state index is -0.267. The largest absolute Gasteiger partial charge is 0.505 e. The summed E-state index contributed by atoms with van der Waals surface area (Å²) >= 11 is 0. The van der Waals surface area contributed by atoms with Gasteiger partial charge in [0.05, 0.1) is 11.8 Å².